The molecular formula is C20H25ClN4O2S. The van der Waals surface area contributed by atoms with Crippen molar-refractivity contribution in [2.24, 2.45) is 11.8 Å². The minimum Gasteiger partial charge on any atom is -0.337 e. The summed E-state index contributed by atoms with van der Waals surface area (Å²) in [7, 11) is 0. The van der Waals surface area contributed by atoms with E-state index in [1.807, 2.05) is 27.7 Å². The maximum absolute atomic E-state index is 12.9. The van der Waals surface area contributed by atoms with Gasteiger partial charge in [0, 0.05) is 11.6 Å². The number of aromatic nitrogens is 2. The third kappa shape index (κ3) is 5.06. The van der Waals surface area contributed by atoms with Gasteiger partial charge in [-0.1, -0.05) is 51.1 Å². The van der Waals surface area contributed by atoms with Crippen molar-refractivity contribution in [2.75, 3.05) is 5.75 Å². The van der Waals surface area contributed by atoms with Gasteiger partial charge in [0.25, 0.3) is 5.56 Å². The Bertz CT molecular complexity index is 981. The van der Waals surface area contributed by atoms with Gasteiger partial charge in [-0.05, 0) is 37.0 Å². The molecule has 1 heterocycles. The number of amides is 1. The number of hydrogen-bond acceptors (Lipinski definition) is 5. The fourth-order valence-electron chi connectivity index (χ4n) is 2.57. The number of hydrogen-bond donors (Lipinski definition) is 1. The molecule has 1 aromatic carbocycles. The number of nitriles is 1. The van der Waals surface area contributed by atoms with Crippen molar-refractivity contribution in [1.29, 1.82) is 5.26 Å². The number of nitrogens with one attached hydrogen (secondary N) is 1. The third-order valence-electron chi connectivity index (χ3n) is 4.55. The first-order valence-electron chi connectivity index (χ1n) is 9.12. The van der Waals surface area contributed by atoms with Crippen LogP contribution in [0.4, 0.5) is 0 Å². The summed E-state index contributed by atoms with van der Waals surface area (Å²) in [6, 6.07) is 7.14. The predicted molar refractivity (Wildman–Crippen MR) is 114 cm³/mol. The number of thioether (sulfide) groups is 1. The van der Waals surface area contributed by atoms with E-state index in [0.29, 0.717) is 27.6 Å². The lowest BCUT2D eigenvalue weighted by Crippen LogP contribution is -2.49. The average molecular weight is 421 g/mol. The molecule has 2 aromatic rings. The van der Waals surface area contributed by atoms with E-state index in [1.165, 1.54) is 11.8 Å². The van der Waals surface area contributed by atoms with Gasteiger partial charge < -0.3 is 5.32 Å². The van der Waals surface area contributed by atoms with Crippen LogP contribution in [0.5, 0.6) is 0 Å². The summed E-state index contributed by atoms with van der Waals surface area (Å²) < 4.78 is 1.60. The summed E-state index contributed by atoms with van der Waals surface area (Å²) >= 11 is 7.23. The lowest BCUT2D eigenvalue weighted by atomic mass is 9.90. The van der Waals surface area contributed by atoms with Crippen LogP contribution >= 0.6 is 23.4 Å². The zero-order chi connectivity index (χ0) is 21.1. The maximum Gasteiger partial charge on any atom is 0.262 e. The zero-order valence-electron chi connectivity index (χ0n) is 16.7. The highest BCUT2D eigenvalue weighted by Crippen LogP contribution is 2.22. The molecular weight excluding hydrogens is 396 g/mol. The Hall–Kier alpha value is -2.04. The Morgan fingerprint density at radius 3 is 2.64 bits per heavy atom. The average Bonchev–Trinajstić information content (AvgIpc) is 2.61. The van der Waals surface area contributed by atoms with Crippen LogP contribution in [0, 0.1) is 23.2 Å². The van der Waals surface area contributed by atoms with Crippen molar-refractivity contribution in [2.45, 2.75) is 51.9 Å². The standard InChI is InChI=1S/C20H25ClN4O2S/c1-12(2)9-25-18(27)15-7-6-14(21)8-16(15)23-19(25)28-10-17(26)24-20(5,11-22)13(3)4/h6-8,12-13H,9-10H2,1-5H3,(H,24,26)/t20-/m0/s1. The smallest absolute Gasteiger partial charge is 0.262 e. The van der Waals surface area contributed by atoms with E-state index >= 15 is 0 Å². The van der Waals surface area contributed by atoms with Crippen LogP contribution in [0.3, 0.4) is 0 Å². The number of carbonyl (C=O) groups is 1. The Morgan fingerprint density at radius 1 is 1.39 bits per heavy atom. The van der Waals surface area contributed by atoms with Gasteiger partial charge in [0.2, 0.25) is 5.91 Å². The van der Waals surface area contributed by atoms with Crippen molar-refractivity contribution in [1.82, 2.24) is 14.9 Å². The van der Waals surface area contributed by atoms with E-state index < -0.39 is 5.54 Å². The lowest BCUT2D eigenvalue weighted by molar-refractivity contribution is -0.120. The monoisotopic (exact) mass is 420 g/mol. The molecule has 0 unspecified atom stereocenters. The highest BCUT2D eigenvalue weighted by molar-refractivity contribution is 7.99. The summed E-state index contributed by atoms with van der Waals surface area (Å²) in [6.07, 6.45) is 0. The summed E-state index contributed by atoms with van der Waals surface area (Å²) in [6.45, 7) is 9.99. The predicted octanol–water partition coefficient (Wildman–Crippen LogP) is 3.85. The second kappa shape index (κ2) is 8.97. The molecule has 0 bridgehead atoms. The van der Waals surface area contributed by atoms with E-state index in [1.54, 1.807) is 29.7 Å². The van der Waals surface area contributed by atoms with Gasteiger partial charge in [-0.25, -0.2) is 4.98 Å². The highest BCUT2D eigenvalue weighted by atomic mass is 35.5. The fourth-order valence-corrected chi connectivity index (χ4v) is 3.54. The molecule has 2 rings (SSSR count). The summed E-state index contributed by atoms with van der Waals surface area (Å²) in [5.41, 5.74) is -0.591. The summed E-state index contributed by atoms with van der Waals surface area (Å²) in [5.74, 6) is -0.0216. The SMILES string of the molecule is CC(C)Cn1c(SCC(=O)N[C@@](C)(C#N)C(C)C)nc2cc(Cl)ccc2c1=O. The summed E-state index contributed by atoms with van der Waals surface area (Å²) in [5, 5.41) is 13.6. The van der Waals surface area contributed by atoms with E-state index in [4.69, 9.17) is 11.6 Å². The van der Waals surface area contributed by atoms with Gasteiger partial charge >= 0.3 is 0 Å². The van der Waals surface area contributed by atoms with Crippen LogP contribution < -0.4 is 10.9 Å². The van der Waals surface area contributed by atoms with Crippen LogP contribution in [0.15, 0.2) is 28.2 Å². The Labute approximate surface area is 174 Å². The molecule has 1 aromatic heterocycles. The van der Waals surface area contributed by atoms with Crippen LogP contribution in [0.1, 0.15) is 34.6 Å². The first kappa shape index (κ1) is 22.3. The third-order valence-corrected chi connectivity index (χ3v) is 5.76. The number of rotatable bonds is 7. The van der Waals surface area contributed by atoms with Crippen molar-refractivity contribution in [3.05, 3.63) is 33.6 Å². The summed E-state index contributed by atoms with van der Waals surface area (Å²) in [4.78, 5) is 29.9. The van der Waals surface area contributed by atoms with Crippen LogP contribution in [0.25, 0.3) is 10.9 Å². The molecule has 28 heavy (non-hydrogen) atoms. The largest absolute Gasteiger partial charge is 0.337 e. The highest BCUT2D eigenvalue weighted by Gasteiger charge is 2.30. The second-order valence-corrected chi connectivity index (χ2v) is 9.05. The first-order chi connectivity index (χ1) is 13.1. The minimum absolute atomic E-state index is 0.0356. The van der Waals surface area contributed by atoms with Crippen molar-refractivity contribution < 1.29 is 4.79 Å². The van der Waals surface area contributed by atoms with Crippen molar-refractivity contribution >= 4 is 40.2 Å². The molecule has 0 aliphatic carbocycles. The van der Waals surface area contributed by atoms with E-state index in [-0.39, 0.29) is 29.1 Å². The van der Waals surface area contributed by atoms with Gasteiger partial charge in [-0.3, -0.25) is 14.2 Å². The number of halogens is 1. The molecule has 6 nitrogen and oxygen atoms in total. The molecule has 1 N–H and O–H groups in total. The number of fused-ring (bicyclic) bond motifs is 1. The second-order valence-electron chi connectivity index (χ2n) is 7.67. The maximum atomic E-state index is 12.9. The normalized spacial score (nSPS) is 13.5. The van der Waals surface area contributed by atoms with E-state index in [0.717, 1.165) is 0 Å². The molecule has 1 atom stereocenters. The number of benzene rings is 1. The van der Waals surface area contributed by atoms with Gasteiger partial charge in [0.05, 0.1) is 22.7 Å². The Kier molecular flexibility index (Phi) is 7.13. The molecule has 0 spiro atoms. The Morgan fingerprint density at radius 2 is 2.07 bits per heavy atom. The first-order valence-corrected chi connectivity index (χ1v) is 10.5. The van der Waals surface area contributed by atoms with Crippen molar-refractivity contribution in [3.8, 4) is 6.07 Å². The molecule has 0 fully saturated rings. The minimum atomic E-state index is -0.945. The van der Waals surface area contributed by atoms with Gasteiger partial charge in [0.15, 0.2) is 5.16 Å². The molecule has 8 heteroatoms. The van der Waals surface area contributed by atoms with Crippen LogP contribution in [0.2, 0.25) is 5.02 Å². The van der Waals surface area contributed by atoms with Crippen LogP contribution in [-0.2, 0) is 11.3 Å². The van der Waals surface area contributed by atoms with E-state index in [2.05, 4.69) is 16.4 Å². The van der Waals surface area contributed by atoms with Gasteiger partial charge in [0.1, 0.15) is 5.54 Å². The molecule has 0 saturated carbocycles. The lowest BCUT2D eigenvalue weighted by Gasteiger charge is -2.27. The molecule has 0 saturated heterocycles. The number of nitrogens with zero attached hydrogens (tertiary/aromatic N) is 3. The van der Waals surface area contributed by atoms with Crippen molar-refractivity contribution in [3.63, 3.8) is 0 Å². The molecule has 0 radical (unpaired) electrons. The number of carbonyl (C=O) groups excluding carboxylic acids is 1. The quantitative estimate of drug-likeness (QED) is 0.542. The molecule has 1 amide bonds. The van der Waals surface area contributed by atoms with E-state index in [9.17, 15) is 14.9 Å². The van der Waals surface area contributed by atoms with Crippen LogP contribution in [-0.4, -0.2) is 26.8 Å². The van der Waals surface area contributed by atoms with Gasteiger partial charge in [-0.2, -0.15) is 5.26 Å². The topological polar surface area (TPSA) is 87.8 Å². The fraction of sp³-hybridized carbons (Fsp3) is 0.500. The van der Waals surface area contributed by atoms with Gasteiger partial charge in [-0.15, -0.1) is 0 Å². The molecule has 150 valence electrons. The molecule has 0 aliphatic rings. The molecule has 0 aliphatic heterocycles. The zero-order valence-corrected chi connectivity index (χ0v) is 18.3. The Balaban J connectivity index is 2.33.